The number of piperazine rings is 1. The highest BCUT2D eigenvalue weighted by Gasteiger charge is 2.40. The molecule has 1 saturated heterocycles. The largest absolute Gasteiger partial charge is 0.496 e. The van der Waals surface area contributed by atoms with Gasteiger partial charge < -0.3 is 35.6 Å². The van der Waals surface area contributed by atoms with Crippen LogP contribution >= 0.6 is 11.6 Å². The van der Waals surface area contributed by atoms with Crippen LogP contribution in [-0.4, -0.2) is 72.6 Å². The standard InChI is InChI=1S/C33H46ClN5O5/c1-5-26(37-25-9-7-6-8-10-25)32(41)39-16-15-38(33(42)44-28-14-11-21(2)22(3)30(28)34)20-27(39)31(40)36-19-23-12-13-24(18-35)29(17-23)43-4/h11-14,17,25-27,37H,5-10,15-16,18-20,35H2,1-4H3,(H,36,40)/t26-,27+/m1/s1. The van der Waals surface area contributed by atoms with Crippen molar-refractivity contribution in [2.24, 2.45) is 5.73 Å². The molecule has 11 heteroatoms. The molecule has 1 aliphatic carbocycles. The molecule has 2 fully saturated rings. The zero-order chi connectivity index (χ0) is 31.8. The van der Waals surface area contributed by atoms with Gasteiger partial charge in [-0.25, -0.2) is 4.79 Å². The topological polar surface area (TPSA) is 126 Å². The third-order valence-electron chi connectivity index (χ3n) is 8.83. The maximum Gasteiger partial charge on any atom is 0.415 e. The Morgan fingerprint density at radius 2 is 1.82 bits per heavy atom. The molecule has 44 heavy (non-hydrogen) atoms. The van der Waals surface area contributed by atoms with Crippen LogP contribution in [0.15, 0.2) is 30.3 Å². The number of carbonyl (C=O) groups excluding carboxylic acids is 3. The minimum atomic E-state index is -0.897. The van der Waals surface area contributed by atoms with Crippen LogP contribution in [0.4, 0.5) is 4.79 Å². The minimum absolute atomic E-state index is 0.00579. The molecule has 1 saturated carbocycles. The van der Waals surface area contributed by atoms with Crippen molar-refractivity contribution >= 4 is 29.5 Å². The molecule has 1 heterocycles. The molecular weight excluding hydrogens is 582 g/mol. The summed E-state index contributed by atoms with van der Waals surface area (Å²) in [5, 5.41) is 6.90. The molecule has 3 amide bonds. The molecule has 0 spiro atoms. The molecule has 0 aromatic heterocycles. The maximum absolute atomic E-state index is 13.9. The Morgan fingerprint density at radius 1 is 1.07 bits per heavy atom. The van der Waals surface area contributed by atoms with Crippen molar-refractivity contribution in [2.75, 3.05) is 26.7 Å². The van der Waals surface area contributed by atoms with Crippen molar-refractivity contribution in [2.45, 2.75) is 90.5 Å². The molecule has 4 N–H and O–H groups in total. The SMILES string of the molecule is CC[C@@H](NC1CCCCC1)C(=O)N1CCN(C(=O)Oc2ccc(C)c(C)c2Cl)C[C@H]1C(=O)NCc1ccc(CN)c(OC)c1. The van der Waals surface area contributed by atoms with Gasteiger partial charge in [0.25, 0.3) is 0 Å². The first-order valence-electron chi connectivity index (χ1n) is 15.6. The van der Waals surface area contributed by atoms with Gasteiger partial charge in [-0.2, -0.15) is 0 Å². The molecule has 1 aliphatic heterocycles. The molecule has 2 aliphatic rings. The van der Waals surface area contributed by atoms with E-state index in [1.165, 1.54) is 11.3 Å². The zero-order valence-corrected chi connectivity index (χ0v) is 27.0. The summed E-state index contributed by atoms with van der Waals surface area (Å²) in [6.07, 6.45) is 5.59. The predicted octanol–water partition coefficient (Wildman–Crippen LogP) is 4.45. The molecule has 2 aromatic carbocycles. The van der Waals surface area contributed by atoms with Crippen LogP contribution in [0.2, 0.25) is 5.02 Å². The molecular formula is C33H46ClN5O5. The predicted molar refractivity (Wildman–Crippen MR) is 171 cm³/mol. The summed E-state index contributed by atoms with van der Waals surface area (Å²) in [5.41, 5.74) is 9.31. The van der Waals surface area contributed by atoms with E-state index < -0.39 is 18.2 Å². The van der Waals surface area contributed by atoms with E-state index in [9.17, 15) is 14.4 Å². The van der Waals surface area contributed by atoms with Crippen molar-refractivity contribution in [3.05, 3.63) is 57.6 Å². The number of benzene rings is 2. The van der Waals surface area contributed by atoms with Gasteiger partial charge in [0.2, 0.25) is 11.8 Å². The first kappa shape index (κ1) is 33.6. The third kappa shape index (κ3) is 8.02. The summed E-state index contributed by atoms with van der Waals surface area (Å²) in [7, 11) is 1.58. The van der Waals surface area contributed by atoms with Gasteiger partial charge in [0.1, 0.15) is 11.8 Å². The van der Waals surface area contributed by atoms with Gasteiger partial charge >= 0.3 is 6.09 Å². The average Bonchev–Trinajstić information content (AvgIpc) is 3.05. The van der Waals surface area contributed by atoms with Crippen LogP contribution in [0.1, 0.15) is 67.7 Å². The van der Waals surface area contributed by atoms with Crippen LogP contribution < -0.4 is 25.8 Å². The Bertz CT molecular complexity index is 1330. The Labute approximate surface area is 265 Å². The molecule has 4 rings (SSSR count). The van der Waals surface area contributed by atoms with Crippen LogP contribution in [0.25, 0.3) is 0 Å². The zero-order valence-electron chi connectivity index (χ0n) is 26.3. The van der Waals surface area contributed by atoms with Crippen molar-refractivity contribution in [3.63, 3.8) is 0 Å². The fraction of sp³-hybridized carbons (Fsp3) is 0.545. The molecule has 2 atom stereocenters. The number of hydrogen-bond acceptors (Lipinski definition) is 7. The molecule has 0 unspecified atom stereocenters. The van der Waals surface area contributed by atoms with Gasteiger partial charge in [0.15, 0.2) is 5.75 Å². The van der Waals surface area contributed by atoms with E-state index in [0.29, 0.717) is 23.7 Å². The van der Waals surface area contributed by atoms with Gasteiger partial charge in [-0.05, 0) is 61.9 Å². The lowest BCUT2D eigenvalue weighted by Crippen LogP contribution is -2.64. The number of hydrogen-bond donors (Lipinski definition) is 3. The number of ether oxygens (including phenoxy) is 2. The van der Waals surface area contributed by atoms with Crippen molar-refractivity contribution in [1.82, 2.24) is 20.4 Å². The van der Waals surface area contributed by atoms with Crippen molar-refractivity contribution in [3.8, 4) is 11.5 Å². The van der Waals surface area contributed by atoms with Crippen LogP contribution in [0, 0.1) is 13.8 Å². The van der Waals surface area contributed by atoms with Gasteiger partial charge in [-0.15, -0.1) is 0 Å². The van der Waals surface area contributed by atoms with Gasteiger partial charge in [-0.1, -0.05) is 56.0 Å². The van der Waals surface area contributed by atoms with Gasteiger partial charge in [0.05, 0.1) is 24.7 Å². The number of carbonyl (C=O) groups is 3. The second-order valence-electron chi connectivity index (χ2n) is 11.7. The van der Waals surface area contributed by atoms with E-state index in [1.54, 1.807) is 18.1 Å². The van der Waals surface area contributed by atoms with E-state index >= 15 is 0 Å². The first-order chi connectivity index (χ1) is 21.2. The Morgan fingerprint density at radius 3 is 2.50 bits per heavy atom. The summed E-state index contributed by atoms with van der Waals surface area (Å²) in [6, 6.07) is 8.08. The van der Waals surface area contributed by atoms with Crippen molar-refractivity contribution in [1.29, 1.82) is 0 Å². The lowest BCUT2D eigenvalue weighted by molar-refractivity contribution is -0.145. The number of nitrogens with zero attached hydrogens (tertiary/aromatic N) is 2. The molecule has 240 valence electrons. The average molecular weight is 628 g/mol. The maximum atomic E-state index is 13.9. The second kappa shape index (κ2) is 15.6. The lowest BCUT2D eigenvalue weighted by atomic mass is 9.94. The molecule has 0 bridgehead atoms. The molecule has 2 aromatic rings. The summed E-state index contributed by atoms with van der Waals surface area (Å²) in [4.78, 5) is 44.1. The summed E-state index contributed by atoms with van der Waals surface area (Å²) in [6.45, 7) is 6.76. The van der Waals surface area contributed by atoms with Gasteiger partial charge in [-0.3, -0.25) is 9.59 Å². The monoisotopic (exact) mass is 627 g/mol. The van der Waals surface area contributed by atoms with Crippen LogP contribution in [-0.2, 0) is 22.7 Å². The Hall–Kier alpha value is -3.34. The van der Waals surface area contributed by atoms with E-state index in [2.05, 4.69) is 10.6 Å². The summed E-state index contributed by atoms with van der Waals surface area (Å²) < 4.78 is 11.1. The number of rotatable bonds is 10. The van der Waals surface area contributed by atoms with Crippen LogP contribution in [0.5, 0.6) is 11.5 Å². The highest BCUT2D eigenvalue weighted by Crippen LogP contribution is 2.31. The molecule has 10 nitrogen and oxygen atoms in total. The van der Waals surface area contributed by atoms with E-state index in [-0.39, 0.29) is 49.8 Å². The second-order valence-corrected chi connectivity index (χ2v) is 12.1. The lowest BCUT2D eigenvalue weighted by Gasteiger charge is -2.42. The van der Waals surface area contributed by atoms with Crippen LogP contribution in [0.3, 0.4) is 0 Å². The highest BCUT2D eigenvalue weighted by atomic mass is 35.5. The quantitative estimate of drug-likeness (QED) is 0.355. The fourth-order valence-electron chi connectivity index (χ4n) is 5.92. The summed E-state index contributed by atoms with van der Waals surface area (Å²) in [5.74, 6) is 0.427. The van der Waals surface area contributed by atoms with E-state index in [4.69, 9.17) is 26.8 Å². The third-order valence-corrected chi connectivity index (χ3v) is 9.30. The van der Waals surface area contributed by atoms with E-state index in [1.807, 2.05) is 45.0 Å². The number of methoxy groups -OCH3 is 1. The summed E-state index contributed by atoms with van der Waals surface area (Å²) >= 11 is 6.46. The Balaban J connectivity index is 1.51. The smallest absolute Gasteiger partial charge is 0.415 e. The minimum Gasteiger partial charge on any atom is -0.496 e. The fourth-order valence-corrected chi connectivity index (χ4v) is 6.17. The normalized spacial score (nSPS) is 18.1. The van der Waals surface area contributed by atoms with E-state index in [0.717, 1.165) is 47.9 Å². The number of nitrogens with two attached hydrogens (primary N) is 1. The number of nitrogens with one attached hydrogen (secondary N) is 2. The van der Waals surface area contributed by atoms with Crippen molar-refractivity contribution < 1.29 is 23.9 Å². The van der Waals surface area contributed by atoms with Gasteiger partial charge in [0, 0.05) is 37.8 Å². The Kier molecular flexibility index (Phi) is 11.9. The highest BCUT2D eigenvalue weighted by molar-refractivity contribution is 6.33. The number of halogens is 1. The molecule has 0 radical (unpaired) electrons. The number of amides is 3. The first-order valence-corrected chi connectivity index (χ1v) is 16.0. The number of aryl methyl sites for hydroxylation is 1.